The number of amides is 7. The Labute approximate surface area is 441 Å². The summed E-state index contributed by atoms with van der Waals surface area (Å²) in [7, 11) is 0. The van der Waals surface area contributed by atoms with Crippen molar-refractivity contribution in [1.82, 2.24) is 57.2 Å². The molecule has 0 saturated carbocycles. The van der Waals surface area contributed by atoms with E-state index >= 15 is 0 Å². The van der Waals surface area contributed by atoms with Crippen molar-refractivity contribution in [1.29, 1.82) is 0 Å². The van der Waals surface area contributed by atoms with Gasteiger partial charge in [-0.25, -0.2) is 19.5 Å². The Morgan fingerprint density at radius 3 is 1.64 bits per heavy atom. The highest BCUT2D eigenvalue weighted by molar-refractivity contribution is 9.09. The fourth-order valence-electron chi connectivity index (χ4n) is 6.87. The summed E-state index contributed by atoms with van der Waals surface area (Å²) in [5.41, 5.74) is -0.225. The number of tetrazole rings is 1. The molecule has 7 amide bonds. The number of H-pyrrole nitrogens is 1. The van der Waals surface area contributed by atoms with Gasteiger partial charge in [-0.3, -0.25) is 33.6 Å². The molecule has 0 fully saturated rings. The standard InChI is InChI=1S/C44H74BrN11O17S/c1-29(23-33-52-55-56-53-33)24-44(2,3)25-37(60)54-74-22-6-8-34(57)47-14-16-70-18-21-73-28-40(63)51-32(43(68)69)10-12-36(59)49-31(42(66)67)9-11-35(58)48-15-17-71-19-20-72-27-39(62)50-30(41(64)65)7-4-5-13-46-38(61)26-45/h29-32H,4-28H2,1-3H3,(H,46,61)(H,47,57)(H,48,58)(H,49,59)(H,50,62)(H,51,63)(H,54,60)(H,64,65)(H,66,67)(H,68,69)(H,52,53,55,56). The van der Waals surface area contributed by atoms with Crippen LogP contribution in [0.15, 0.2) is 0 Å². The summed E-state index contributed by atoms with van der Waals surface area (Å²) < 4.78 is 24.0. The maximum absolute atomic E-state index is 12.5. The van der Waals surface area contributed by atoms with E-state index in [4.69, 9.17) is 18.9 Å². The lowest BCUT2D eigenvalue weighted by Crippen LogP contribution is -2.45. The highest BCUT2D eigenvalue weighted by atomic mass is 79.9. The number of nitrogens with zero attached hydrogens (tertiary/aromatic N) is 3. The van der Waals surface area contributed by atoms with Crippen LogP contribution in [-0.2, 0) is 73.3 Å². The van der Waals surface area contributed by atoms with Crippen LogP contribution in [0.2, 0.25) is 0 Å². The predicted octanol–water partition coefficient (Wildman–Crippen LogP) is -1.02. The molecule has 0 aliphatic carbocycles. The van der Waals surface area contributed by atoms with Gasteiger partial charge in [0.2, 0.25) is 41.4 Å². The molecular weight excluding hydrogens is 1070 g/mol. The van der Waals surface area contributed by atoms with Crippen molar-refractivity contribution < 1.29 is 82.2 Å². The van der Waals surface area contributed by atoms with Crippen LogP contribution in [0, 0.1) is 11.3 Å². The molecule has 28 nitrogen and oxygen atoms in total. The van der Waals surface area contributed by atoms with Crippen molar-refractivity contribution in [2.45, 2.75) is 116 Å². The van der Waals surface area contributed by atoms with Crippen LogP contribution in [0.5, 0.6) is 0 Å². The topological polar surface area (TPSA) is 407 Å². The van der Waals surface area contributed by atoms with E-state index < -0.39 is 79.3 Å². The fourth-order valence-corrected chi connectivity index (χ4v) is 7.69. The molecule has 420 valence electrons. The molecule has 1 aromatic rings. The second-order valence-corrected chi connectivity index (χ2v) is 19.1. The monoisotopic (exact) mass is 1140 g/mol. The lowest BCUT2D eigenvalue weighted by atomic mass is 9.79. The minimum absolute atomic E-state index is 0.0104. The summed E-state index contributed by atoms with van der Waals surface area (Å²) in [6.07, 6.45) is 2.39. The Morgan fingerprint density at radius 1 is 0.608 bits per heavy atom. The molecule has 11 N–H and O–H groups in total. The number of carbonyl (C=O) groups excluding carboxylic acids is 7. The van der Waals surface area contributed by atoms with E-state index in [2.05, 4.69) is 80.1 Å². The van der Waals surface area contributed by atoms with E-state index in [1.54, 1.807) is 0 Å². The molecule has 0 aliphatic rings. The van der Waals surface area contributed by atoms with Crippen LogP contribution in [0.4, 0.5) is 0 Å². The number of hydrogen-bond acceptors (Lipinski definition) is 18. The third-order valence-electron chi connectivity index (χ3n) is 10.2. The van der Waals surface area contributed by atoms with Crippen molar-refractivity contribution in [3.8, 4) is 0 Å². The Kier molecular flexibility index (Phi) is 35.8. The molecule has 0 aliphatic heterocycles. The number of ether oxygens (including phenoxy) is 4. The number of aromatic nitrogens is 4. The van der Waals surface area contributed by atoms with Crippen LogP contribution >= 0.6 is 27.9 Å². The second-order valence-electron chi connectivity index (χ2n) is 17.6. The van der Waals surface area contributed by atoms with Crippen molar-refractivity contribution in [3.05, 3.63) is 5.82 Å². The summed E-state index contributed by atoms with van der Waals surface area (Å²) in [6.45, 7) is 6.19. The molecule has 1 heterocycles. The van der Waals surface area contributed by atoms with Crippen molar-refractivity contribution >= 4 is 87.1 Å². The zero-order valence-corrected chi connectivity index (χ0v) is 44.6. The zero-order chi connectivity index (χ0) is 55.2. The van der Waals surface area contributed by atoms with Gasteiger partial charge in [-0.05, 0) is 66.7 Å². The van der Waals surface area contributed by atoms with Crippen LogP contribution in [0.25, 0.3) is 0 Å². The fraction of sp³-hybridized carbons (Fsp3) is 0.750. The SMILES string of the molecule is CC(Cc1nnn[nH]1)CC(C)(C)CC(=O)NSCCCC(=O)NCCOCCOCC(=O)NC(CCC(=O)NC(CCC(=O)NCCOCCOCC(=O)NC(CCCCNC(=O)CBr)C(=O)O)C(=O)O)C(=O)O. The average Bonchev–Trinajstić information content (AvgIpc) is 3.84. The lowest BCUT2D eigenvalue weighted by Gasteiger charge is -2.27. The number of unbranched alkanes of at least 4 members (excludes halogenated alkanes) is 1. The van der Waals surface area contributed by atoms with Gasteiger partial charge in [-0.1, -0.05) is 48.6 Å². The van der Waals surface area contributed by atoms with E-state index in [-0.39, 0.29) is 119 Å². The number of rotatable bonds is 45. The number of carboxylic acids is 3. The maximum atomic E-state index is 12.5. The lowest BCUT2D eigenvalue weighted by molar-refractivity contribution is -0.144. The molecule has 74 heavy (non-hydrogen) atoms. The first-order chi connectivity index (χ1) is 35.2. The average molecular weight is 1140 g/mol. The number of aromatic amines is 1. The Balaban J connectivity index is 2.15. The first-order valence-corrected chi connectivity index (χ1v) is 26.2. The molecular formula is C44H74BrN11O17S. The third-order valence-corrected chi connectivity index (χ3v) is 11.6. The second kappa shape index (κ2) is 39.8. The minimum Gasteiger partial charge on any atom is -0.480 e. The first kappa shape index (κ1) is 66.5. The van der Waals surface area contributed by atoms with Crippen molar-refractivity contribution in [2.24, 2.45) is 11.3 Å². The number of nitrogens with one attached hydrogen (secondary N) is 8. The Hall–Kier alpha value is -5.56. The van der Waals surface area contributed by atoms with Gasteiger partial charge in [0, 0.05) is 57.5 Å². The number of carbonyl (C=O) groups is 10. The van der Waals surface area contributed by atoms with Gasteiger partial charge in [-0.15, -0.1) is 5.10 Å². The number of aliphatic carboxylic acids is 3. The molecule has 0 spiro atoms. The Bertz CT molecular complexity index is 1890. The smallest absolute Gasteiger partial charge is 0.326 e. The maximum Gasteiger partial charge on any atom is 0.326 e. The van der Waals surface area contributed by atoms with E-state index in [1.165, 1.54) is 11.9 Å². The van der Waals surface area contributed by atoms with Gasteiger partial charge >= 0.3 is 17.9 Å². The van der Waals surface area contributed by atoms with Crippen LogP contribution in [0.1, 0.15) is 97.2 Å². The molecule has 0 aromatic carbocycles. The summed E-state index contributed by atoms with van der Waals surface area (Å²) in [5.74, 6) is -5.76. The van der Waals surface area contributed by atoms with Gasteiger partial charge in [0.05, 0.1) is 45.0 Å². The van der Waals surface area contributed by atoms with Crippen molar-refractivity contribution in [2.75, 3.05) is 83.6 Å². The van der Waals surface area contributed by atoms with Gasteiger partial charge in [0.15, 0.2) is 0 Å². The predicted molar refractivity (Wildman–Crippen MR) is 267 cm³/mol. The molecule has 4 atom stereocenters. The summed E-state index contributed by atoms with van der Waals surface area (Å²) >= 11 is 4.28. The van der Waals surface area contributed by atoms with Gasteiger partial charge in [-0.2, -0.15) is 0 Å². The zero-order valence-electron chi connectivity index (χ0n) is 42.2. The van der Waals surface area contributed by atoms with E-state index in [0.29, 0.717) is 50.2 Å². The first-order valence-electron chi connectivity index (χ1n) is 24.1. The summed E-state index contributed by atoms with van der Waals surface area (Å²) in [5, 5.41) is 57.2. The Morgan fingerprint density at radius 2 is 1.11 bits per heavy atom. The molecule has 0 saturated heterocycles. The molecule has 0 radical (unpaired) electrons. The molecule has 30 heteroatoms. The number of carboxylic acid groups (broad SMARTS) is 3. The third kappa shape index (κ3) is 35.6. The van der Waals surface area contributed by atoms with Crippen LogP contribution in [-0.4, -0.2) is 197 Å². The van der Waals surface area contributed by atoms with E-state index in [0.717, 1.165) is 6.42 Å². The highest BCUT2D eigenvalue weighted by Gasteiger charge is 2.27. The van der Waals surface area contributed by atoms with E-state index in [1.807, 2.05) is 13.8 Å². The van der Waals surface area contributed by atoms with Gasteiger partial charge in [0.25, 0.3) is 0 Å². The van der Waals surface area contributed by atoms with Gasteiger partial charge in [0.1, 0.15) is 37.2 Å². The number of halogens is 1. The normalized spacial score (nSPS) is 12.8. The number of alkyl halides is 1. The van der Waals surface area contributed by atoms with E-state index in [9.17, 15) is 63.3 Å². The van der Waals surface area contributed by atoms with Crippen LogP contribution < -0.4 is 36.6 Å². The summed E-state index contributed by atoms with van der Waals surface area (Å²) in [4.78, 5) is 120. The summed E-state index contributed by atoms with van der Waals surface area (Å²) in [6, 6.07) is -4.08. The quantitative estimate of drug-likeness (QED) is 0.0211. The van der Waals surface area contributed by atoms with Crippen molar-refractivity contribution in [3.63, 3.8) is 0 Å². The molecule has 1 aromatic heterocycles. The molecule has 1 rings (SSSR count). The van der Waals surface area contributed by atoms with Crippen LogP contribution in [0.3, 0.4) is 0 Å². The largest absolute Gasteiger partial charge is 0.480 e. The highest BCUT2D eigenvalue weighted by Crippen LogP contribution is 2.30. The molecule has 4 unspecified atom stereocenters. The molecule has 0 bridgehead atoms. The number of hydrogen-bond donors (Lipinski definition) is 11. The minimum atomic E-state index is -1.49. The van der Waals surface area contributed by atoms with Gasteiger partial charge < -0.3 is 70.9 Å².